The third kappa shape index (κ3) is 20.4. The molecule has 4 heterocycles. The molecule has 23 heteroatoms. The summed E-state index contributed by atoms with van der Waals surface area (Å²) in [6, 6.07) is 24.8. The Morgan fingerprint density at radius 2 is 1.17 bits per heavy atom. The van der Waals surface area contributed by atoms with Crippen LogP contribution in [0.1, 0.15) is 97.5 Å². The molecule has 1 saturated heterocycles. The Labute approximate surface area is 541 Å². The van der Waals surface area contributed by atoms with E-state index in [-0.39, 0.29) is 62.9 Å². The first-order valence-electron chi connectivity index (χ1n) is 31.5. The predicted molar refractivity (Wildman–Crippen MR) is 348 cm³/mol. The molecule has 2 aromatic heterocycles. The molecule has 7 atom stereocenters. The number of hydrogen-bond donors (Lipinski definition) is 9. The SMILES string of the molecule is CC(=O)N[C@H](Cc1ccc2ccccc2c1)C(=O)N[C@H](Cc1ccc(Cl)cc1)C(=O)N[C@H](Cc1cccnc1)C(=O)N[C@@H](CO)C(=O)N1Cc2ccccc2C[C@H]1C(=O)N[C@H](CCCCNC(=O)c1cccnc1)C(=O)N[C@@H](CC(C)C)C(=O)NCCN1CCCC1. The number of fused-ring (bicyclic) bond motifs is 2. The molecule has 2 aliphatic rings. The molecule has 9 amide bonds. The van der Waals surface area contributed by atoms with E-state index in [1.54, 1.807) is 72.9 Å². The van der Waals surface area contributed by atoms with Crippen LogP contribution in [0, 0.1) is 5.92 Å². The van der Waals surface area contributed by atoms with E-state index >= 15 is 9.59 Å². The normalized spacial score (nSPS) is 15.7. The number of aliphatic hydroxyl groups excluding tert-OH is 1. The van der Waals surface area contributed by atoms with E-state index in [4.69, 9.17) is 11.6 Å². The zero-order chi connectivity index (χ0) is 65.5. The topological polar surface area (TPSA) is 302 Å². The number of benzene rings is 4. The molecule has 0 unspecified atom stereocenters. The number of aromatic nitrogens is 2. The Balaban J connectivity index is 1.02. The van der Waals surface area contributed by atoms with Crippen molar-refractivity contribution in [1.29, 1.82) is 0 Å². The highest BCUT2D eigenvalue weighted by Gasteiger charge is 2.41. The van der Waals surface area contributed by atoms with Crippen LogP contribution in [-0.2, 0) is 70.6 Å². The number of carbonyl (C=O) groups excluding carboxylic acids is 9. The van der Waals surface area contributed by atoms with Crippen LogP contribution in [0.5, 0.6) is 0 Å². The van der Waals surface area contributed by atoms with Crippen LogP contribution < -0.4 is 42.5 Å². The fourth-order valence-electron chi connectivity index (χ4n) is 11.5. The fraction of sp³-hybridized carbons (Fsp3) is 0.406. The van der Waals surface area contributed by atoms with Crippen molar-refractivity contribution in [1.82, 2.24) is 62.3 Å². The van der Waals surface area contributed by atoms with E-state index in [9.17, 15) is 38.7 Å². The first-order chi connectivity index (χ1) is 44.4. The summed E-state index contributed by atoms with van der Waals surface area (Å²) in [6.07, 6.45) is 9.15. The van der Waals surface area contributed by atoms with E-state index in [2.05, 4.69) is 57.4 Å². The summed E-state index contributed by atoms with van der Waals surface area (Å²) in [5, 5.41) is 36.1. The molecule has 0 spiro atoms. The van der Waals surface area contributed by atoms with Gasteiger partial charge in [0.1, 0.15) is 42.3 Å². The van der Waals surface area contributed by atoms with Gasteiger partial charge in [-0.3, -0.25) is 53.1 Å². The van der Waals surface area contributed by atoms with Gasteiger partial charge in [0.15, 0.2) is 0 Å². The maximum absolute atomic E-state index is 15.1. The lowest BCUT2D eigenvalue weighted by Gasteiger charge is -2.38. The van der Waals surface area contributed by atoms with Crippen molar-refractivity contribution in [3.05, 3.63) is 178 Å². The van der Waals surface area contributed by atoms with Crippen molar-refractivity contribution in [3.8, 4) is 0 Å². The van der Waals surface area contributed by atoms with Crippen molar-refractivity contribution in [2.45, 2.75) is 134 Å². The number of hydrogen-bond acceptors (Lipinski definition) is 13. The molecular formula is C69H83ClN12O10. The monoisotopic (exact) mass is 1270 g/mol. The fourth-order valence-corrected chi connectivity index (χ4v) is 11.7. The highest BCUT2D eigenvalue weighted by atomic mass is 35.5. The van der Waals surface area contributed by atoms with E-state index in [0.29, 0.717) is 59.6 Å². The average molecular weight is 1280 g/mol. The van der Waals surface area contributed by atoms with Gasteiger partial charge in [0.25, 0.3) is 5.91 Å². The summed E-state index contributed by atoms with van der Waals surface area (Å²) in [5.41, 5.74) is 3.65. The van der Waals surface area contributed by atoms with Crippen molar-refractivity contribution >= 4 is 75.5 Å². The van der Waals surface area contributed by atoms with Crippen LogP contribution in [0.4, 0.5) is 0 Å². The Bertz CT molecular complexity index is 3500. The molecule has 92 heavy (non-hydrogen) atoms. The van der Waals surface area contributed by atoms with Crippen LogP contribution in [-0.4, -0.2) is 160 Å². The number of pyridine rings is 2. The molecule has 8 rings (SSSR count). The molecule has 9 N–H and O–H groups in total. The van der Waals surface area contributed by atoms with Gasteiger partial charge in [-0.25, -0.2) is 0 Å². The lowest BCUT2D eigenvalue weighted by Crippen LogP contribution is -2.62. The second kappa shape index (κ2) is 34.3. The molecule has 2 aliphatic heterocycles. The summed E-state index contributed by atoms with van der Waals surface area (Å²) in [6.45, 7) is 7.26. The van der Waals surface area contributed by atoms with Crippen LogP contribution in [0.3, 0.4) is 0 Å². The zero-order valence-electron chi connectivity index (χ0n) is 52.2. The van der Waals surface area contributed by atoms with Gasteiger partial charge in [-0.15, -0.1) is 0 Å². The van der Waals surface area contributed by atoms with Gasteiger partial charge in [-0.05, 0) is 126 Å². The quantitative estimate of drug-likeness (QED) is 0.0278. The van der Waals surface area contributed by atoms with E-state index < -0.39 is 90.3 Å². The van der Waals surface area contributed by atoms with Crippen LogP contribution in [0.15, 0.2) is 140 Å². The third-order valence-electron chi connectivity index (χ3n) is 16.4. The van der Waals surface area contributed by atoms with E-state index in [1.165, 1.54) is 30.4 Å². The second-order valence-electron chi connectivity index (χ2n) is 23.9. The van der Waals surface area contributed by atoms with Gasteiger partial charge in [0.2, 0.25) is 47.3 Å². The lowest BCUT2D eigenvalue weighted by atomic mass is 9.92. The Morgan fingerprint density at radius 3 is 1.83 bits per heavy atom. The molecule has 486 valence electrons. The van der Waals surface area contributed by atoms with Gasteiger partial charge in [0.05, 0.1) is 12.2 Å². The van der Waals surface area contributed by atoms with Crippen molar-refractivity contribution in [3.63, 3.8) is 0 Å². The Kier molecular flexibility index (Phi) is 25.7. The van der Waals surface area contributed by atoms with E-state index in [1.807, 2.05) is 62.4 Å². The van der Waals surface area contributed by atoms with Crippen molar-refractivity contribution in [2.24, 2.45) is 5.92 Å². The summed E-state index contributed by atoms with van der Waals surface area (Å²) >= 11 is 6.25. The summed E-state index contributed by atoms with van der Waals surface area (Å²) < 4.78 is 0. The zero-order valence-corrected chi connectivity index (χ0v) is 53.0. The van der Waals surface area contributed by atoms with Crippen molar-refractivity contribution in [2.75, 3.05) is 39.3 Å². The minimum absolute atomic E-state index is 0.00250. The number of rotatable bonds is 31. The number of carbonyl (C=O) groups is 9. The van der Waals surface area contributed by atoms with Gasteiger partial charge in [-0.1, -0.05) is 110 Å². The predicted octanol–water partition coefficient (Wildman–Crippen LogP) is 4.04. The number of unbranched alkanes of at least 4 members (excludes halogenated alkanes) is 1. The molecule has 0 saturated carbocycles. The van der Waals surface area contributed by atoms with E-state index in [0.717, 1.165) is 47.8 Å². The number of halogens is 1. The average Bonchev–Trinajstić information content (AvgIpc) is 0.919. The second-order valence-corrected chi connectivity index (χ2v) is 24.4. The minimum Gasteiger partial charge on any atom is -0.394 e. The maximum Gasteiger partial charge on any atom is 0.252 e. The third-order valence-corrected chi connectivity index (χ3v) is 16.6. The smallest absolute Gasteiger partial charge is 0.252 e. The maximum atomic E-state index is 15.1. The van der Waals surface area contributed by atoms with Crippen LogP contribution in [0.2, 0.25) is 5.02 Å². The highest BCUT2D eigenvalue weighted by molar-refractivity contribution is 6.30. The van der Waals surface area contributed by atoms with Crippen LogP contribution in [0.25, 0.3) is 10.8 Å². The number of amides is 9. The van der Waals surface area contributed by atoms with Gasteiger partial charge in [-0.2, -0.15) is 0 Å². The number of aliphatic hydroxyl groups is 1. The van der Waals surface area contributed by atoms with Gasteiger partial charge in [0, 0.05) is 88.6 Å². The Hall–Kier alpha value is -9.12. The largest absolute Gasteiger partial charge is 0.394 e. The van der Waals surface area contributed by atoms with Crippen LogP contribution >= 0.6 is 11.6 Å². The molecule has 0 aliphatic carbocycles. The van der Waals surface area contributed by atoms with Gasteiger partial charge >= 0.3 is 0 Å². The van der Waals surface area contributed by atoms with Gasteiger partial charge < -0.3 is 57.4 Å². The van der Waals surface area contributed by atoms with Crippen molar-refractivity contribution < 1.29 is 48.3 Å². The molecular weight excluding hydrogens is 1190 g/mol. The number of nitrogens with zero attached hydrogens (tertiary/aromatic N) is 4. The molecule has 4 aromatic carbocycles. The highest BCUT2D eigenvalue weighted by Crippen LogP contribution is 2.26. The molecule has 22 nitrogen and oxygen atoms in total. The summed E-state index contributed by atoms with van der Waals surface area (Å²) in [7, 11) is 0. The number of nitrogens with one attached hydrogen (secondary N) is 8. The first-order valence-corrected chi connectivity index (χ1v) is 31.9. The molecule has 1 fully saturated rings. The lowest BCUT2D eigenvalue weighted by molar-refractivity contribution is -0.146. The molecule has 0 radical (unpaired) electrons. The first kappa shape index (κ1) is 68.8. The Morgan fingerprint density at radius 1 is 0.576 bits per heavy atom. The molecule has 0 bridgehead atoms. The summed E-state index contributed by atoms with van der Waals surface area (Å²) in [5.74, 6) is -5.76. The standard InChI is InChI=1S/C69H83ClN12O10/c1-44(2)34-56(63(86)74-30-33-81-31-10-11-32-81)77-64(87)55(20-8-9-29-73-62(85)52-19-13-28-72-41-52)76-68(91)61-39-51-17-6-7-18-53(51)42-82(61)69(92)60(43-83)80-67(90)59(38-48-14-12-27-71-40-48)79-66(89)58(36-46-22-25-54(70)26-23-46)78-65(88)57(75-45(3)84)37-47-21-24-49-15-4-5-16-50(49)35-47/h4-7,12-19,21-28,35,40-41,44,55-61,83H,8-11,20,29-34,36-39,42-43H2,1-3H3,(H,73,85)(H,74,86)(H,75,84)(H,76,91)(H,77,87)(H,78,88)(H,79,89)(H,80,90)/t55-,56+,57-,58-,59-,60+,61+/m1/s1. The number of likely N-dealkylation sites (tertiary alicyclic amines) is 1. The summed E-state index contributed by atoms with van der Waals surface area (Å²) in [4.78, 5) is 140. The minimum atomic E-state index is -1.68. The molecule has 6 aromatic rings.